The minimum absolute atomic E-state index is 0.282. The summed E-state index contributed by atoms with van der Waals surface area (Å²) in [6.07, 6.45) is 2.24. The van der Waals surface area contributed by atoms with Gasteiger partial charge >= 0.3 is 6.03 Å². The lowest BCUT2D eigenvalue weighted by atomic mass is 9.78. The summed E-state index contributed by atoms with van der Waals surface area (Å²) >= 11 is 0. The van der Waals surface area contributed by atoms with Gasteiger partial charge in [0, 0.05) is 7.11 Å². The first kappa shape index (κ1) is 16.6. The first-order valence-electron chi connectivity index (χ1n) is 7.16. The van der Waals surface area contributed by atoms with Crippen LogP contribution in [0.3, 0.4) is 0 Å². The standard InChI is InChI=1S/C14H24N2O4/c1-5-8-10(9-20-4)16-12(18)14(6-2,7-3)11(17)15-13(16)19/h10H,5-9H2,1-4H3,(H,15,17,19). The van der Waals surface area contributed by atoms with Gasteiger partial charge < -0.3 is 4.74 Å². The molecule has 1 N–H and O–H groups in total. The minimum atomic E-state index is -1.13. The molecule has 0 saturated carbocycles. The molecule has 1 aliphatic rings. The number of imide groups is 2. The Morgan fingerprint density at radius 2 is 1.80 bits per heavy atom. The van der Waals surface area contributed by atoms with E-state index in [9.17, 15) is 14.4 Å². The van der Waals surface area contributed by atoms with Gasteiger partial charge in [-0.25, -0.2) is 4.79 Å². The number of methoxy groups -OCH3 is 1. The van der Waals surface area contributed by atoms with Crippen LogP contribution >= 0.6 is 0 Å². The number of amides is 4. The molecule has 0 aromatic rings. The zero-order valence-corrected chi connectivity index (χ0v) is 12.7. The van der Waals surface area contributed by atoms with E-state index in [0.29, 0.717) is 19.3 Å². The lowest BCUT2D eigenvalue weighted by molar-refractivity contribution is -0.154. The van der Waals surface area contributed by atoms with Crippen molar-refractivity contribution in [3.8, 4) is 0 Å². The van der Waals surface area contributed by atoms with Gasteiger partial charge in [-0.1, -0.05) is 27.2 Å². The Balaban J connectivity index is 3.13. The molecule has 1 unspecified atom stereocenters. The fraction of sp³-hybridized carbons (Fsp3) is 0.786. The van der Waals surface area contributed by atoms with Crippen molar-refractivity contribution in [2.24, 2.45) is 5.41 Å². The van der Waals surface area contributed by atoms with E-state index in [1.54, 1.807) is 13.8 Å². The number of ether oxygens (including phenoxy) is 1. The van der Waals surface area contributed by atoms with Crippen molar-refractivity contribution in [1.82, 2.24) is 10.2 Å². The molecule has 1 heterocycles. The molecule has 1 atom stereocenters. The fourth-order valence-electron chi connectivity index (χ4n) is 2.71. The van der Waals surface area contributed by atoms with Crippen LogP contribution in [0.1, 0.15) is 46.5 Å². The molecule has 0 aromatic carbocycles. The van der Waals surface area contributed by atoms with Gasteiger partial charge in [-0.2, -0.15) is 0 Å². The maximum Gasteiger partial charge on any atom is 0.331 e. The number of hydrogen-bond acceptors (Lipinski definition) is 4. The van der Waals surface area contributed by atoms with Crippen molar-refractivity contribution < 1.29 is 19.1 Å². The first-order chi connectivity index (χ1) is 9.48. The zero-order valence-electron chi connectivity index (χ0n) is 12.7. The molecular formula is C14H24N2O4. The van der Waals surface area contributed by atoms with Gasteiger partial charge in [0.15, 0.2) is 0 Å². The van der Waals surface area contributed by atoms with Crippen molar-refractivity contribution in [3.05, 3.63) is 0 Å². The smallest absolute Gasteiger partial charge is 0.331 e. The third-order valence-corrected chi connectivity index (χ3v) is 4.06. The predicted molar refractivity (Wildman–Crippen MR) is 74.0 cm³/mol. The highest BCUT2D eigenvalue weighted by molar-refractivity contribution is 6.19. The Morgan fingerprint density at radius 1 is 1.20 bits per heavy atom. The Bertz CT molecular complexity index is 385. The van der Waals surface area contributed by atoms with Crippen LogP contribution in [-0.4, -0.2) is 42.5 Å². The molecule has 114 valence electrons. The number of urea groups is 1. The minimum Gasteiger partial charge on any atom is -0.383 e. The van der Waals surface area contributed by atoms with Crippen molar-refractivity contribution in [2.45, 2.75) is 52.5 Å². The van der Waals surface area contributed by atoms with Crippen LogP contribution in [0, 0.1) is 5.41 Å². The van der Waals surface area contributed by atoms with Gasteiger partial charge in [0.25, 0.3) is 0 Å². The van der Waals surface area contributed by atoms with E-state index in [0.717, 1.165) is 6.42 Å². The molecule has 0 aliphatic carbocycles. The molecule has 4 amide bonds. The molecule has 0 bridgehead atoms. The second kappa shape index (κ2) is 6.83. The predicted octanol–water partition coefficient (Wildman–Crippen LogP) is 1.69. The second-order valence-corrected chi connectivity index (χ2v) is 5.12. The summed E-state index contributed by atoms with van der Waals surface area (Å²) in [5, 5.41) is 2.32. The number of carbonyl (C=O) groups is 3. The van der Waals surface area contributed by atoms with Crippen molar-refractivity contribution in [3.63, 3.8) is 0 Å². The zero-order chi connectivity index (χ0) is 15.3. The van der Waals surface area contributed by atoms with Crippen LogP contribution in [0.4, 0.5) is 4.79 Å². The molecule has 1 saturated heterocycles. The number of carbonyl (C=O) groups excluding carboxylic acids is 3. The van der Waals surface area contributed by atoms with Crippen LogP contribution in [-0.2, 0) is 14.3 Å². The molecule has 6 nitrogen and oxygen atoms in total. The molecular weight excluding hydrogens is 260 g/mol. The normalized spacial score (nSPS) is 20.0. The largest absolute Gasteiger partial charge is 0.383 e. The van der Waals surface area contributed by atoms with E-state index < -0.39 is 23.3 Å². The average molecular weight is 284 g/mol. The van der Waals surface area contributed by atoms with Crippen LogP contribution in [0.25, 0.3) is 0 Å². The van der Waals surface area contributed by atoms with Crippen LogP contribution in [0.5, 0.6) is 0 Å². The van der Waals surface area contributed by atoms with E-state index >= 15 is 0 Å². The van der Waals surface area contributed by atoms with Gasteiger partial charge in [0.05, 0.1) is 12.6 Å². The summed E-state index contributed by atoms with van der Waals surface area (Å²) in [6.45, 7) is 5.85. The highest BCUT2D eigenvalue weighted by Gasteiger charge is 2.52. The molecule has 0 spiro atoms. The van der Waals surface area contributed by atoms with Gasteiger partial charge in [-0.3, -0.25) is 19.8 Å². The first-order valence-corrected chi connectivity index (χ1v) is 7.16. The van der Waals surface area contributed by atoms with E-state index in [4.69, 9.17) is 4.74 Å². The van der Waals surface area contributed by atoms with Crippen LogP contribution in [0.2, 0.25) is 0 Å². The van der Waals surface area contributed by atoms with Crippen molar-refractivity contribution >= 4 is 17.8 Å². The summed E-state index contributed by atoms with van der Waals surface area (Å²) in [6, 6.07) is -0.962. The Morgan fingerprint density at radius 3 is 2.25 bits per heavy atom. The van der Waals surface area contributed by atoms with E-state index in [1.165, 1.54) is 12.0 Å². The van der Waals surface area contributed by atoms with E-state index in [1.807, 2.05) is 6.92 Å². The number of hydrogen-bond donors (Lipinski definition) is 1. The molecule has 20 heavy (non-hydrogen) atoms. The summed E-state index contributed by atoms with van der Waals surface area (Å²) < 4.78 is 5.11. The quantitative estimate of drug-likeness (QED) is 0.722. The fourth-order valence-corrected chi connectivity index (χ4v) is 2.71. The summed E-state index contributed by atoms with van der Waals surface area (Å²) in [5.41, 5.74) is -1.13. The summed E-state index contributed by atoms with van der Waals surface area (Å²) in [4.78, 5) is 38.0. The monoisotopic (exact) mass is 284 g/mol. The van der Waals surface area contributed by atoms with Crippen LogP contribution < -0.4 is 5.32 Å². The lowest BCUT2D eigenvalue weighted by Gasteiger charge is -2.41. The number of nitrogens with one attached hydrogen (secondary N) is 1. The number of nitrogens with zero attached hydrogens (tertiary/aromatic N) is 1. The topological polar surface area (TPSA) is 75.7 Å². The third kappa shape index (κ3) is 2.70. The van der Waals surface area contributed by atoms with Gasteiger partial charge in [-0.15, -0.1) is 0 Å². The number of rotatable bonds is 7. The van der Waals surface area contributed by atoms with Crippen molar-refractivity contribution in [1.29, 1.82) is 0 Å². The Labute approximate surface area is 119 Å². The average Bonchev–Trinajstić information content (AvgIpc) is 2.40. The highest BCUT2D eigenvalue weighted by atomic mass is 16.5. The van der Waals surface area contributed by atoms with E-state index in [2.05, 4.69) is 5.32 Å². The highest BCUT2D eigenvalue weighted by Crippen LogP contribution is 2.33. The summed E-state index contributed by atoms with van der Waals surface area (Å²) in [7, 11) is 1.53. The maximum absolute atomic E-state index is 12.7. The number of barbiturate groups is 1. The lowest BCUT2D eigenvalue weighted by Crippen LogP contribution is -2.66. The second-order valence-electron chi connectivity index (χ2n) is 5.12. The molecule has 1 rings (SSSR count). The van der Waals surface area contributed by atoms with Crippen LogP contribution in [0.15, 0.2) is 0 Å². The SMILES string of the molecule is CCCC(COC)N1C(=O)NC(=O)C(CC)(CC)C1=O. The molecule has 0 aromatic heterocycles. The molecule has 1 aliphatic heterocycles. The van der Waals surface area contributed by atoms with Gasteiger partial charge in [-0.05, 0) is 19.3 Å². The molecule has 6 heteroatoms. The maximum atomic E-state index is 12.7. The van der Waals surface area contributed by atoms with E-state index in [-0.39, 0.29) is 12.6 Å². The summed E-state index contributed by atoms with van der Waals surface area (Å²) in [5.74, 6) is -0.881. The Hall–Kier alpha value is -1.43. The third-order valence-electron chi connectivity index (χ3n) is 4.06. The van der Waals surface area contributed by atoms with Gasteiger partial charge in [0.2, 0.25) is 11.8 Å². The Kier molecular flexibility index (Phi) is 5.68. The molecule has 1 fully saturated rings. The molecule has 0 radical (unpaired) electrons. The van der Waals surface area contributed by atoms with Crippen molar-refractivity contribution in [2.75, 3.05) is 13.7 Å². The van der Waals surface area contributed by atoms with Gasteiger partial charge in [0.1, 0.15) is 5.41 Å².